The average Bonchev–Trinajstić information content (AvgIpc) is 2.93. The number of aryl methyl sites for hydroxylation is 1. The average molecular weight is 549 g/mol. The van der Waals surface area contributed by atoms with Gasteiger partial charge in [-0.25, -0.2) is 5.84 Å². The van der Waals surface area contributed by atoms with Gasteiger partial charge in [0.25, 0.3) is 11.9 Å². The topological polar surface area (TPSA) is 133 Å². The van der Waals surface area contributed by atoms with Crippen molar-refractivity contribution in [3.05, 3.63) is 78.3 Å². The van der Waals surface area contributed by atoms with Crippen LogP contribution < -0.4 is 30.5 Å². The molecule has 2 aromatic heterocycles. The molecule has 1 aliphatic rings. The first kappa shape index (κ1) is 28.5. The molecular formula is C28H33FN8O3. The molecule has 0 radical (unpaired) electrons. The number of pyridine rings is 2. The molecule has 3 aromatic rings. The highest BCUT2D eigenvalue weighted by Crippen LogP contribution is 2.28. The quantitative estimate of drug-likeness (QED) is 0.151. The third kappa shape index (κ3) is 7.10. The van der Waals surface area contributed by atoms with E-state index in [-0.39, 0.29) is 23.6 Å². The molecule has 1 amide bonds. The van der Waals surface area contributed by atoms with Crippen LogP contribution in [-0.2, 0) is 0 Å². The van der Waals surface area contributed by atoms with E-state index in [0.717, 1.165) is 31.9 Å². The number of nitrogens with one attached hydrogen (secondary N) is 2. The summed E-state index contributed by atoms with van der Waals surface area (Å²) < 4.78 is 23.8. The maximum atomic E-state index is 13.5. The fourth-order valence-electron chi connectivity index (χ4n) is 4.27. The van der Waals surface area contributed by atoms with Gasteiger partial charge in [-0.1, -0.05) is 0 Å². The van der Waals surface area contributed by atoms with Crippen LogP contribution in [0, 0.1) is 12.3 Å². The molecular weight excluding hydrogens is 515 g/mol. The number of aromatic nitrogens is 2. The zero-order chi connectivity index (χ0) is 28.8. The molecule has 0 bridgehead atoms. The number of anilines is 3. The molecule has 1 saturated heterocycles. The van der Waals surface area contributed by atoms with Crippen LogP contribution >= 0.6 is 0 Å². The monoisotopic (exact) mass is 548 g/mol. The molecule has 11 nitrogen and oxygen atoms in total. The van der Waals surface area contributed by atoms with Crippen molar-refractivity contribution in [3.63, 3.8) is 0 Å². The lowest BCUT2D eigenvalue weighted by molar-refractivity contribution is 0.102. The van der Waals surface area contributed by atoms with Crippen LogP contribution in [-0.4, -0.2) is 73.4 Å². The van der Waals surface area contributed by atoms with Gasteiger partial charge in [0.2, 0.25) is 0 Å². The van der Waals surface area contributed by atoms with E-state index in [1.54, 1.807) is 43.6 Å². The highest BCUT2D eigenvalue weighted by molar-refractivity contribution is 6.05. The van der Waals surface area contributed by atoms with Crippen LogP contribution in [0.3, 0.4) is 0 Å². The maximum absolute atomic E-state index is 13.5. The van der Waals surface area contributed by atoms with Crippen LogP contribution in [0.5, 0.6) is 11.5 Å². The molecule has 3 heterocycles. The smallest absolute Gasteiger partial charge is 0.270 e. The molecule has 0 saturated carbocycles. The minimum absolute atomic E-state index is 0.0651. The molecule has 0 atom stereocenters. The number of hydrazine groups is 1. The Morgan fingerprint density at radius 2 is 1.85 bits per heavy atom. The lowest BCUT2D eigenvalue weighted by atomic mass is 10.1. The summed E-state index contributed by atoms with van der Waals surface area (Å²) in [6, 6.07) is 7.32. The highest BCUT2D eigenvalue weighted by Gasteiger charge is 2.19. The summed E-state index contributed by atoms with van der Waals surface area (Å²) >= 11 is 0. The van der Waals surface area contributed by atoms with E-state index in [1.165, 1.54) is 24.4 Å². The maximum Gasteiger partial charge on any atom is 0.270 e. The number of carbonyl (C=O) groups is 1. The van der Waals surface area contributed by atoms with E-state index in [9.17, 15) is 9.18 Å². The summed E-state index contributed by atoms with van der Waals surface area (Å²) in [5.74, 6) is 6.60. The Hall–Kier alpha value is -4.55. The number of amides is 1. The molecule has 1 fully saturated rings. The zero-order valence-electron chi connectivity index (χ0n) is 22.8. The predicted molar refractivity (Wildman–Crippen MR) is 153 cm³/mol. The molecule has 1 aliphatic heterocycles. The van der Waals surface area contributed by atoms with Gasteiger partial charge in [-0.15, -0.1) is 0 Å². The van der Waals surface area contributed by atoms with Crippen molar-refractivity contribution in [2.24, 2.45) is 5.84 Å². The standard InChI is InChI=1S/C28H33FN8O3/c1-18-27(37(31)17-26(30)21-11-25(39-4)16-32-14-21)12-22(15-33-18)34-28(38)20-9-23(13-24(10-20)40-19(2)29)36-7-5-35(3)6-8-36/h9-16,30H,2,5-8,17,31H2,1,3-4H3,(H,34,38). The summed E-state index contributed by atoms with van der Waals surface area (Å²) in [5, 5.41) is 12.7. The highest BCUT2D eigenvalue weighted by atomic mass is 19.1. The molecule has 1 aromatic carbocycles. The van der Waals surface area contributed by atoms with Crippen molar-refractivity contribution in [1.29, 1.82) is 5.41 Å². The number of nitrogens with two attached hydrogens (primary N) is 1. The lowest BCUT2D eigenvalue weighted by Crippen LogP contribution is -2.44. The summed E-state index contributed by atoms with van der Waals surface area (Å²) in [4.78, 5) is 26.1. The number of hydrogen-bond acceptors (Lipinski definition) is 10. The number of nitrogens with zero attached hydrogens (tertiary/aromatic N) is 5. The van der Waals surface area contributed by atoms with Gasteiger partial charge < -0.3 is 35.0 Å². The van der Waals surface area contributed by atoms with Gasteiger partial charge >= 0.3 is 0 Å². The van der Waals surface area contributed by atoms with Crippen molar-refractivity contribution in [2.75, 3.05) is 62.1 Å². The lowest BCUT2D eigenvalue weighted by Gasteiger charge is -2.34. The van der Waals surface area contributed by atoms with Crippen molar-refractivity contribution in [2.45, 2.75) is 6.92 Å². The third-order valence-corrected chi connectivity index (χ3v) is 6.50. The normalized spacial score (nSPS) is 13.5. The molecule has 0 aliphatic carbocycles. The Morgan fingerprint density at radius 3 is 2.55 bits per heavy atom. The Balaban J connectivity index is 1.52. The number of likely N-dealkylation sites (N-methyl/N-ethyl adjacent to an activating group) is 1. The van der Waals surface area contributed by atoms with E-state index in [0.29, 0.717) is 28.4 Å². The fraction of sp³-hybridized carbons (Fsp3) is 0.286. The number of piperazine rings is 1. The van der Waals surface area contributed by atoms with Gasteiger partial charge in [0.15, 0.2) is 0 Å². The number of benzene rings is 1. The van der Waals surface area contributed by atoms with Gasteiger partial charge in [-0.3, -0.25) is 14.8 Å². The van der Waals surface area contributed by atoms with Crippen LogP contribution in [0.15, 0.2) is 61.5 Å². The summed E-state index contributed by atoms with van der Waals surface area (Å²) in [6.07, 6.45) is 4.64. The first-order valence-corrected chi connectivity index (χ1v) is 12.6. The Bertz CT molecular complexity index is 1410. The second-order valence-electron chi connectivity index (χ2n) is 9.47. The van der Waals surface area contributed by atoms with Gasteiger partial charge in [-0.05, 0) is 44.8 Å². The fourth-order valence-corrected chi connectivity index (χ4v) is 4.27. The van der Waals surface area contributed by atoms with E-state index >= 15 is 0 Å². The first-order chi connectivity index (χ1) is 19.1. The number of hydrogen-bond donors (Lipinski definition) is 3. The largest absolute Gasteiger partial charge is 0.495 e. The van der Waals surface area contributed by atoms with Gasteiger partial charge in [-0.2, -0.15) is 4.39 Å². The minimum atomic E-state index is -0.965. The van der Waals surface area contributed by atoms with E-state index in [1.807, 2.05) is 7.05 Å². The number of ether oxygens (including phenoxy) is 2. The van der Waals surface area contributed by atoms with Gasteiger partial charge in [0, 0.05) is 55.3 Å². The van der Waals surface area contributed by atoms with Crippen LogP contribution in [0.4, 0.5) is 21.5 Å². The number of halogens is 1. The molecule has 4 rings (SSSR count). The second kappa shape index (κ2) is 12.5. The van der Waals surface area contributed by atoms with E-state index in [4.69, 9.17) is 20.7 Å². The Kier molecular flexibility index (Phi) is 8.92. The number of carbonyl (C=O) groups excluding carboxylic acids is 1. The molecule has 12 heteroatoms. The first-order valence-electron chi connectivity index (χ1n) is 12.6. The van der Waals surface area contributed by atoms with Crippen LogP contribution in [0.25, 0.3) is 0 Å². The van der Waals surface area contributed by atoms with Crippen molar-refractivity contribution in [3.8, 4) is 11.5 Å². The van der Waals surface area contributed by atoms with Crippen molar-refractivity contribution in [1.82, 2.24) is 14.9 Å². The second-order valence-corrected chi connectivity index (χ2v) is 9.47. The number of rotatable bonds is 10. The third-order valence-electron chi connectivity index (χ3n) is 6.50. The molecule has 210 valence electrons. The predicted octanol–water partition coefficient (Wildman–Crippen LogP) is 3.37. The van der Waals surface area contributed by atoms with Crippen LogP contribution in [0.2, 0.25) is 0 Å². The van der Waals surface area contributed by atoms with Gasteiger partial charge in [0.05, 0.1) is 48.8 Å². The number of methoxy groups -OCH3 is 1. The molecule has 0 spiro atoms. The Labute approximate surface area is 232 Å². The van der Waals surface area contributed by atoms with E-state index in [2.05, 4.69) is 31.7 Å². The van der Waals surface area contributed by atoms with Gasteiger partial charge in [0.1, 0.15) is 11.5 Å². The van der Waals surface area contributed by atoms with Crippen molar-refractivity contribution >= 4 is 28.7 Å². The van der Waals surface area contributed by atoms with Crippen molar-refractivity contribution < 1.29 is 18.7 Å². The van der Waals surface area contributed by atoms with Crippen LogP contribution in [0.1, 0.15) is 21.6 Å². The molecule has 40 heavy (non-hydrogen) atoms. The SMILES string of the molecule is C=C(F)Oc1cc(C(=O)Nc2cnc(C)c(N(N)CC(=N)c3cncc(OC)c3)c2)cc(N2CCN(C)CC2)c1. The zero-order valence-corrected chi connectivity index (χ0v) is 22.8. The molecule has 4 N–H and O–H groups in total. The molecule has 0 unspecified atom stereocenters. The minimum Gasteiger partial charge on any atom is -0.495 e. The van der Waals surface area contributed by atoms with E-state index < -0.39 is 11.9 Å². The summed E-state index contributed by atoms with van der Waals surface area (Å²) in [7, 11) is 3.58. The summed E-state index contributed by atoms with van der Waals surface area (Å²) in [5.41, 5.74) is 3.38. The summed E-state index contributed by atoms with van der Waals surface area (Å²) in [6.45, 7) is 8.26. The Morgan fingerprint density at radius 1 is 1.12 bits per heavy atom.